The average Bonchev–Trinajstić information content (AvgIpc) is 2.63. The summed E-state index contributed by atoms with van der Waals surface area (Å²) in [7, 11) is 0. The SMILES string of the molecule is CCC=CCC1CCCCc2ccccc21.O=C=O. The molecule has 1 aliphatic rings. The molecule has 0 bridgehead atoms. The zero-order valence-corrected chi connectivity index (χ0v) is 11.6. The average molecular weight is 258 g/mol. The molecular weight excluding hydrogens is 236 g/mol. The van der Waals surface area contributed by atoms with Gasteiger partial charge in [-0.05, 0) is 49.1 Å². The molecule has 2 nitrogen and oxygen atoms in total. The van der Waals surface area contributed by atoms with E-state index >= 15 is 0 Å². The van der Waals surface area contributed by atoms with Gasteiger partial charge in [-0.1, -0.05) is 49.8 Å². The van der Waals surface area contributed by atoms with E-state index in [0.29, 0.717) is 0 Å². The summed E-state index contributed by atoms with van der Waals surface area (Å²) in [4.78, 5) is 16.2. The van der Waals surface area contributed by atoms with Gasteiger partial charge in [0.2, 0.25) is 0 Å². The van der Waals surface area contributed by atoms with E-state index < -0.39 is 0 Å². The number of hydrogen-bond acceptors (Lipinski definition) is 2. The molecule has 1 aromatic rings. The lowest BCUT2D eigenvalue weighted by Gasteiger charge is -2.15. The number of rotatable bonds is 3. The van der Waals surface area contributed by atoms with Crippen molar-refractivity contribution >= 4 is 6.15 Å². The molecule has 0 radical (unpaired) electrons. The predicted octanol–water partition coefficient (Wildman–Crippen LogP) is 4.27. The van der Waals surface area contributed by atoms with Crippen LogP contribution in [0.4, 0.5) is 0 Å². The van der Waals surface area contributed by atoms with Crippen molar-refractivity contribution in [2.45, 2.75) is 51.4 Å². The molecule has 0 N–H and O–H groups in total. The van der Waals surface area contributed by atoms with Crippen LogP contribution in [0.15, 0.2) is 36.4 Å². The first-order valence-corrected chi connectivity index (χ1v) is 7.05. The van der Waals surface area contributed by atoms with Crippen LogP contribution in [0.25, 0.3) is 0 Å². The summed E-state index contributed by atoms with van der Waals surface area (Å²) in [6.07, 6.45) is 12.7. The highest BCUT2D eigenvalue weighted by molar-refractivity contribution is 5.32. The third-order valence-corrected chi connectivity index (χ3v) is 3.57. The van der Waals surface area contributed by atoms with E-state index in [9.17, 15) is 0 Å². The Bertz CT molecular complexity index is 429. The standard InChI is InChI=1S/C16H22.CO2/c1-2-3-4-9-14-10-5-6-11-15-12-7-8-13-16(14)15;2-1-3/h3-4,7-8,12-14H,2,5-6,9-11H2,1H3;. The van der Waals surface area contributed by atoms with Crippen molar-refractivity contribution < 1.29 is 9.59 Å². The summed E-state index contributed by atoms with van der Waals surface area (Å²) in [5.41, 5.74) is 3.20. The molecule has 102 valence electrons. The predicted molar refractivity (Wildman–Crippen MR) is 75.8 cm³/mol. The third-order valence-electron chi connectivity index (χ3n) is 3.57. The second-order valence-corrected chi connectivity index (χ2v) is 4.84. The van der Waals surface area contributed by atoms with Crippen LogP contribution in [0.1, 0.15) is 56.1 Å². The normalized spacial score (nSPS) is 17.8. The maximum absolute atomic E-state index is 8.12. The minimum Gasteiger partial charge on any atom is -0.186 e. The molecule has 0 aliphatic heterocycles. The van der Waals surface area contributed by atoms with Crippen LogP contribution >= 0.6 is 0 Å². The van der Waals surface area contributed by atoms with Crippen molar-refractivity contribution in [2.24, 2.45) is 0 Å². The number of fused-ring (bicyclic) bond motifs is 1. The van der Waals surface area contributed by atoms with Crippen molar-refractivity contribution in [3.63, 3.8) is 0 Å². The van der Waals surface area contributed by atoms with E-state index in [2.05, 4.69) is 43.3 Å². The van der Waals surface area contributed by atoms with Crippen molar-refractivity contribution in [3.8, 4) is 0 Å². The Balaban J connectivity index is 0.000000550. The second-order valence-electron chi connectivity index (χ2n) is 4.84. The van der Waals surface area contributed by atoms with Gasteiger partial charge in [-0.3, -0.25) is 0 Å². The van der Waals surface area contributed by atoms with Gasteiger partial charge in [0, 0.05) is 0 Å². The Morgan fingerprint density at radius 2 is 1.95 bits per heavy atom. The number of aryl methyl sites for hydroxylation is 1. The summed E-state index contributed by atoms with van der Waals surface area (Å²) in [6, 6.07) is 9.03. The van der Waals surface area contributed by atoms with E-state index in [4.69, 9.17) is 9.59 Å². The molecule has 0 fully saturated rings. The van der Waals surface area contributed by atoms with Crippen LogP contribution in [-0.2, 0) is 16.0 Å². The smallest absolute Gasteiger partial charge is 0.186 e. The van der Waals surface area contributed by atoms with Crippen LogP contribution in [0.3, 0.4) is 0 Å². The highest BCUT2D eigenvalue weighted by Gasteiger charge is 2.16. The quantitative estimate of drug-likeness (QED) is 0.599. The van der Waals surface area contributed by atoms with Crippen LogP contribution in [0, 0.1) is 0 Å². The minimum atomic E-state index is 0.250. The molecular formula is C17H22O2. The Hall–Kier alpha value is -1.66. The molecule has 0 saturated carbocycles. The molecule has 2 heteroatoms. The monoisotopic (exact) mass is 258 g/mol. The molecule has 0 aromatic heterocycles. The van der Waals surface area contributed by atoms with Crippen molar-refractivity contribution in [2.75, 3.05) is 0 Å². The highest BCUT2D eigenvalue weighted by Crippen LogP contribution is 2.32. The van der Waals surface area contributed by atoms with Crippen LogP contribution < -0.4 is 0 Å². The summed E-state index contributed by atoms with van der Waals surface area (Å²) < 4.78 is 0. The number of allylic oxidation sites excluding steroid dienone is 2. The minimum absolute atomic E-state index is 0.250. The molecule has 1 unspecified atom stereocenters. The Morgan fingerprint density at radius 1 is 1.21 bits per heavy atom. The summed E-state index contributed by atoms with van der Waals surface area (Å²) in [5, 5.41) is 0. The molecule has 0 spiro atoms. The number of carbonyl (C=O) groups excluding carboxylic acids is 2. The van der Waals surface area contributed by atoms with Gasteiger partial charge in [0.1, 0.15) is 0 Å². The molecule has 2 rings (SSSR count). The first-order valence-electron chi connectivity index (χ1n) is 7.05. The third kappa shape index (κ3) is 5.23. The van der Waals surface area contributed by atoms with Crippen LogP contribution in [-0.4, -0.2) is 6.15 Å². The topological polar surface area (TPSA) is 34.1 Å². The number of benzene rings is 1. The Labute approximate surface area is 115 Å². The fourth-order valence-corrected chi connectivity index (χ4v) is 2.69. The molecule has 0 heterocycles. The first kappa shape index (κ1) is 15.4. The lowest BCUT2D eigenvalue weighted by atomic mass is 9.90. The summed E-state index contributed by atoms with van der Waals surface area (Å²) in [6.45, 7) is 2.21. The molecule has 1 atom stereocenters. The number of hydrogen-bond donors (Lipinski definition) is 0. The summed E-state index contributed by atoms with van der Waals surface area (Å²) >= 11 is 0. The van der Waals surface area contributed by atoms with Gasteiger partial charge in [0.15, 0.2) is 0 Å². The molecule has 0 saturated heterocycles. The van der Waals surface area contributed by atoms with Gasteiger partial charge < -0.3 is 0 Å². The largest absolute Gasteiger partial charge is 0.373 e. The lowest BCUT2D eigenvalue weighted by molar-refractivity contribution is -0.191. The maximum Gasteiger partial charge on any atom is 0.373 e. The van der Waals surface area contributed by atoms with Crippen LogP contribution in [0.5, 0.6) is 0 Å². The fourth-order valence-electron chi connectivity index (χ4n) is 2.69. The van der Waals surface area contributed by atoms with Crippen molar-refractivity contribution in [1.29, 1.82) is 0 Å². The fraction of sp³-hybridized carbons (Fsp3) is 0.471. The van der Waals surface area contributed by atoms with Gasteiger partial charge in [-0.15, -0.1) is 0 Å². The molecule has 1 aromatic carbocycles. The van der Waals surface area contributed by atoms with Gasteiger partial charge in [0.05, 0.1) is 0 Å². The van der Waals surface area contributed by atoms with Crippen molar-refractivity contribution in [3.05, 3.63) is 47.5 Å². The lowest BCUT2D eigenvalue weighted by Crippen LogP contribution is -1.98. The van der Waals surface area contributed by atoms with Gasteiger partial charge in [-0.2, -0.15) is 9.59 Å². The second kappa shape index (κ2) is 9.29. The highest BCUT2D eigenvalue weighted by atomic mass is 16.2. The molecule has 0 amide bonds. The van der Waals surface area contributed by atoms with E-state index in [0.717, 1.165) is 12.3 Å². The van der Waals surface area contributed by atoms with Gasteiger partial charge in [0.25, 0.3) is 0 Å². The van der Waals surface area contributed by atoms with Crippen molar-refractivity contribution in [1.82, 2.24) is 0 Å². The van der Waals surface area contributed by atoms with Gasteiger partial charge in [-0.25, -0.2) is 0 Å². The molecule has 1 aliphatic carbocycles. The Morgan fingerprint density at radius 3 is 2.68 bits per heavy atom. The first-order chi connectivity index (χ1) is 9.33. The van der Waals surface area contributed by atoms with E-state index in [1.807, 2.05) is 0 Å². The zero-order chi connectivity index (χ0) is 13.9. The van der Waals surface area contributed by atoms with Gasteiger partial charge >= 0.3 is 6.15 Å². The maximum atomic E-state index is 8.12. The van der Waals surface area contributed by atoms with E-state index in [-0.39, 0.29) is 6.15 Å². The van der Waals surface area contributed by atoms with E-state index in [1.54, 1.807) is 11.1 Å². The molecule has 19 heavy (non-hydrogen) atoms. The summed E-state index contributed by atoms with van der Waals surface area (Å²) in [5.74, 6) is 0.765. The Kier molecular flexibility index (Phi) is 7.53. The zero-order valence-electron chi connectivity index (χ0n) is 11.6. The van der Waals surface area contributed by atoms with E-state index in [1.165, 1.54) is 32.1 Å². The van der Waals surface area contributed by atoms with Crippen LogP contribution in [0.2, 0.25) is 0 Å².